The molecule has 0 saturated heterocycles. The summed E-state index contributed by atoms with van der Waals surface area (Å²) in [6.07, 6.45) is 1.87. The smallest absolute Gasteiger partial charge is 0.191 e. The molecule has 6 nitrogen and oxygen atoms in total. The molecule has 1 atom stereocenters. The molecule has 1 unspecified atom stereocenters. The van der Waals surface area contributed by atoms with Gasteiger partial charge in [-0.3, -0.25) is 0 Å². The fourth-order valence-electron chi connectivity index (χ4n) is 2.57. The molecule has 138 valence electrons. The van der Waals surface area contributed by atoms with Crippen LogP contribution in [0, 0.1) is 13.8 Å². The summed E-state index contributed by atoms with van der Waals surface area (Å²) in [5.74, 6) is 1.61. The van der Waals surface area contributed by atoms with Gasteiger partial charge in [-0.25, -0.2) is 4.99 Å². The van der Waals surface area contributed by atoms with Gasteiger partial charge < -0.3 is 20.3 Å². The standard InChI is InChI=1S/C18H28N4O2S/c1-5-19-17(21-12-18(4,23)15-8-10-25-11-15)20-9-6-7-16-13(2)22-24-14(16)3/h8,10-11,23H,5-7,9,12H2,1-4H3,(H2,19,20,21). The number of guanidine groups is 1. The van der Waals surface area contributed by atoms with Crippen LogP contribution in [0.25, 0.3) is 0 Å². The molecule has 7 heteroatoms. The third-order valence-electron chi connectivity index (χ3n) is 4.11. The number of aromatic nitrogens is 1. The lowest BCUT2D eigenvalue weighted by molar-refractivity contribution is 0.0677. The molecule has 0 spiro atoms. The topological polar surface area (TPSA) is 82.7 Å². The van der Waals surface area contributed by atoms with E-state index in [1.54, 1.807) is 18.3 Å². The average Bonchev–Trinajstić information content (AvgIpc) is 3.21. The van der Waals surface area contributed by atoms with Gasteiger partial charge in [0, 0.05) is 18.7 Å². The van der Waals surface area contributed by atoms with Gasteiger partial charge >= 0.3 is 0 Å². The van der Waals surface area contributed by atoms with Crippen LogP contribution in [0.1, 0.15) is 42.8 Å². The predicted molar refractivity (Wildman–Crippen MR) is 102 cm³/mol. The number of aliphatic imine (C=N–C) groups is 1. The molecule has 0 bridgehead atoms. The van der Waals surface area contributed by atoms with Crippen molar-refractivity contribution in [1.29, 1.82) is 0 Å². The van der Waals surface area contributed by atoms with E-state index in [2.05, 4.69) is 20.8 Å². The Labute approximate surface area is 153 Å². The zero-order valence-corrected chi connectivity index (χ0v) is 16.2. The van der Waals surface area contributed by atoms with Crippen molar-refractivity contribution < 1.29 is 9.63 Å². The Hall–Kier alpha value is -1.86. The monoisotopic (exact) mass is 364 g/mol. The summed E-state index contributed by atoms with van der Waals surface area (Å²) in [5, 5.41) is 25.0. The van der Waals surface area contributed by atoms with Crippen LogP contribution in [0.5, 0.6) is 0 Å². The van der Waals surface area contributed by atoms with Crippen LogP contribution in [0.4, 0.5) is 0 Å². The summed E-state index contributed by atoms with van der Waals surface area (Å²) in [6.45, 7) is 9.60. The lowest BCUT2D eigenvalue weighted by atomic mass is 10.00. The summed E-state index contributed by atoms with van der Waals surface area (Å²) in [7, 11) is 0. The first kappa shape index (κ1) is 19.5. The van der Waals surface area contributed by atoms with E-state index < -0.39 is 5.60 Å². The van der Waals surface area contributed by atoms with Crippen molar-refractivity contribution in [3.63, 3.8) is 0 Å². The highest BCUT2D eigenvalue weighted by atomic mass is 32.1. The van der Waals surface area contributed by atoms with Crippen molar-refractivity contribution in [3.05, 3.63) is 39.4 Å². The molecule has 0 amide bonds. The minimum atomic E-state index is -0.959. The number of nitrogens with one attached hydrogen (secondary N) is 2. The van der Waals surface area contributed by atoms with E-state index >= 15 is 0 Å². The highest BCUT2D eigenvalue weighted by Gasteiger charge is 2.23. The lowest BCUT2D eigenvalue weighted by Gasteiger charge is -2.21. The number of nitrogens with zero attached hydrogens (tertiary/aromatic N) is 2. The molecule has 2 heterocycles. The second-order valence-electron chi connectivity index (χ2n) is 6.31. The molecule has 0 aromatic carbocycles. The zero-order chi connectivity index (χ0) is 18.3. The third-order valence-corrected chi connectivity index (χ3v) is 4.79. The largest absolute Gasteiger partial charge is 0.383 e. The minimum Gasteiger partial charge on any atom is -0.383 e. The van der Waals surface area contributed by atoms with E-state index in [1.807, 2.05) is 37.6 Å². The Morgan fingerprint density at radius 3 is 2.80 bits per heavy atom. The average molecular weight is 365 g/mol. The number of rotatable bonds is 8. The van der Waals surface area contributed by atoms with Gasteiger partial charge in [0.25, 0.3) is 0 Å². The Bertz CT molecular complexity index is 658. The van der Waals surface area contributed by atoms with E-state index in [9.17, 15) is 5.11 Å². The fourth-order valence-corrected chi connectivity index (χ4v) is 3.35. The number of aliphatic hydroxyl groups is 1. The molecule has 2 rings (SSSR count). The molecule has 0 radical (unpaired) electrons. The molecular formula is C18H28N4O2S. The highest BCUT2D eigenvalue weighted by molar-refractivity contribution is 7.08. The first-order chi connectivity index (χ1) is 11.9. The molecule has 3 N–H and O–H groups in total. The van der Waals surface area contributed by atoms with Gasteiger partial charge in [0.15, 0.2) is 5.96 Å². The molecule has 0 saturated carbocycles. The van der Waals surface area contributed by atoms with E-state index in [1.165, 1.54) is 5.56 Å². The van der Waals surface area contributed by atoms with E-state index in [4.69, 9.17) is 4.52 Å². The van der Waals surface area contributed by atoms with Crippen molar-refractivity contribution in [2.75, 3.05) is 19.6 Å². The van der Waals surface area contributed by atoms with Crippen LogP contribution in [0.3, 0.4) is 0 Å². The minimum absolute atomic E-state index is 0.308. The summed E-state index contributed by atoms with van der Waals surface area (Å²) < 4.78 is 5.19. The molecule has 0 fully saturated rings. The van der Waals surface area contributed by atoms with Crippen LogP contribution in [-0.2, 0) is 12.0 Å². The first-order valence-corrected chi connectivity index (χ1v) is 9.57. The van der Waals surface area contributed by atoms with E-state index in [0.29, 0.717) is 6.54 Å². The fraction of sp³-hybridized carbons (Fsp3) is 0.556. The van der Waals surface area contributed by atoms with Gasteiger partial charge in [-0.1, -0.05) is 5.16 Å². The molecule has 0 aliphatic heterocycles. The van der Waals surface area contributed by atoms with E-state index in [-0.39, 0.29) is 0 Å². The van der Waals surface area contributed by atoms with Gasteiger partial charge in [0.2, 0.25) is 0 Å². The third kappa shape index (κ3) is 5.57. The summed E-state index contributed by atoms with van der Waals surface area (Å²) in [5.41, 5.74) is 2.09. The summed E-state index contributed by atoms with van der Waals surface area (Å²) in [4.78, 5) is 4.53. The second-order valence-corrected chi connectivity index (χ2v) is 7.09. The quantitative estimate of drug-likeness (QED) is 0.381. The molecule has 2 aromatic heterocycles. The van der Waals surface area contributed by atoms with Crippen molar-refractivity contribution in [2.24, 2.45) is 4.99 Å². The van der Waals surface area contributed by atoms with Crippen molar-refractivity contribution >= 4 is 17.3 Å². The lowest BCUT2D eigenvalue weighted by Crippen LogP contribution is -2.39. The number of aryl methyl sites for hydroxylation is 2. The van der Waals surface area contributed by atoms with Crippen molar-refractivity contribution in [1.82, 2.24) is 15.8 Å². The summed E-state index contributed by atoms with van der Waals surface area (Å²) in [6, 6.07) is 1.93. The van der Waals surface area contributed by atoms with Gasteiger partial charge in [-0.2, -0.15) is 11.3 Å². The Kier molecular flexibility index (Phi) is 7.01. The molecule has 2 aromatic rings. The van der Waals surface area contributed by atoms with Gasteiger partial charge in [0.05, 0.1) is 12.2 Å². The Morgan fingerprint density at radius 1 is 1.40 bits per heavy atom. The van der Waals surface area contributed by atoms with Crippen LogP contribution >= 0.6 is 11.3 Å². The summed E-state index contributed by atoms with van der Waals surface area (Å²) >= 11 is 1.58. The maximum Gasteiger partial charge on any atom is 0.191 e. The Morgan fingerprint density at radius 2 is 2.20 bits per heavy atom. The Balaban J connectivity index is 1.85. The van der Waals surface area contributed by atoms with Gasteiger partial charge in [0.1, 0.15) is 11.4 Å². The van der Waals surface area contributed by atoms with Crippen LogP contribution < -0.4 is 10.6 Å². The van der Waals surface area contributed by atoms with Gasteiger partial charge in [-0.05, 0) is 62.9 Å². The first-order valence-electron chi connectivity index (χ1n) is 8.63. The van der Waals surface area contributed by atoms with Gasteiger partial charge in [-0.15, -0.1) is 0 Å². The zero-order valence-electron chi connectivity index (χ0n) is 15.4. The molecule has 0 aliphatic carbocycles. The number of thiophene rings is 1. The van der Waals surface area contributed by atoms with E-state index in [0.717, 1.165) is 48.9 Å². The maximum absolute atomic E-state index is 10.6. The molecule has 25 heavy (non-hydrogen) atoms. The van der Waals surface area contributed by atoms with Crippen LogP contribution in [0.15, 0.2) is 26.3 Å². The van der Waals surface area contributed by atoms with Crippen LogP contribution in [0.2, 0.25) is 0 Å². The predicted octanol–water partition coefficient (Wildman–Crippen LogP) is 2.75. The SMILES string of the molecule is CCNC(=NCC(C)(O)c1ccsc1)NCCCc1c(C)noc1C. The van der Waals surface area contributed by atoms with Crippen molar-refractivity contribution in [2.45, 2.75) is 46.1 Å². The highest BCUT2D eigenvalue weighted by Crippen LogP contribution is 2.23. The van der Waals surface area contributed by atoms with Crippen molar-refractivity contribution in [3.8, 4) is 0 Å². The number of hydrogen-bond donors (Lipinski definition) is 3. The normalized spacial score (nSPS) is 14.4. The number of hydrogen-bond acceptors (Lipinski definition) is 5. The molecule has 0 aliphatic rings. The second kappa shape index (κ2) is 9.01. The van der Waals surface area contributed by atoms with Crippen LogP contribution in [-0.4, -0.2) is 35.9 Å². The maximum atomic E-state index is 10.6. The molecular weight excluding hydrogens is 336 g/mol.